The van der Waals surface area contributed by atoms with Crippen LogP contribution < -0.4 is 5.73 Å². The predicted octanol–water partition coefficient (Wildman–Crippen LogP) is 4.30. The van der Waals surface area contributed by atoms with Crippen LogP contribution in [-0.2, 0) is 10.9 Å². The summed E-state index contributed by atoms with van der Waals surface area (Å²) in [6.45, 7) is 2.20. The molecule has 2 rings (SSSR count). The zero-order valence-corrected chi connectivity index (χ0v) is 12.4. The van der Waals surface area contributed by atoms with Crippen LogP contribution in [0.15, 0.2) is 24.3 Å². The number of hydrogen-bond acceptors (Lipinski definition) is 2. The van der Waals surface area contributed by atoms with Crippen molar-refractivity contribution in [1.29, 1.82) is 0 Å². The zero-order chi connectivity index (χ0) is 15.7. The lowest BCUT2D eigenvalue weighted by Gasteiger charge is -2.42. The van der Waals surface area contributed by atoms with Gasteiger partial charge in [0, 0.05) is 7.11 Å². The van der Waals surface area contributed by atoms with Gasteiger partial charge in [-0.2, -0.15) is 13.2 Å². The first-order chi connectivity index (χ1) is 9.78. The Labute approximate surface area is 123 Å². The fourth-order valence-corrected chi connectivity index (χ4v) is 3.08. The zero-order valence-electron chi connectivity index (χ0n) is 12.4. The average molecular weight is 301 g/mol. The van der Waals surface area contributed by atoms with E-state index in [1.54, 1.807) is 7.11 Å². The molecule has 2 N–H and O–H groups in total. The van der Waals surface area contributed by atoms with E-state index in [9.17, 15) is 13.2 Å². The third-order valence-corrected chi connectivity index (χ3v) is 4.69. The quantitative estimate of drug-likeness (QED) is 0.903. The molecule has 21 heavy (non-hydrogen) atoms. The highest BCUT2D eigenvalue weighted by molar-refractivity contribution is 5.28. The number of nitrogens with two attached hydrogens (primary N) is 1. The molecule has 5 heteroatoms. The molecule has 0 radical (unpaired) electrons. The molecule has 0 amide bonds. The van der Waals surface area contributed by atoms with Crippen LogP contribution in [0, 0.1) is 5.92 Å². The van der Waals surface area contributed by atoms with E-state index in [1.807, 2.05) is 0 Å². The molecule has 0 bridgehead atoms. The first kappa shape index (κ1) is 16.3. The van der Waals surface area contributed by atoms with E-state index < -0.39 is 23.4 Å². The highest BCUT2D eigenvalue weighted by Crippen LogP contribution is 2.42. The second-order valence-electron chi connectivity index (χ2n) is 6.05. The summed E-state index contributed by atoms with van der Waals surface area (Å²) in [4.78, 5) is 0. The van der Waals surface area contributed by atoms with Gasteiger partial charge < -0.3 is 10.5 Å². The van der Waals surface area contributed by atoms with Gasteiger partial charge in [0.15, 0.2) is 0 Å². The van der Waals surface area contributed by atoms with Crippen LogP contribution in [0.3, 0.4) is 0 Å². The molecule has 2 nitrogen and oxygen atoms in total. The van der Waals surface area contributed by atoms with Crippen molar-refractivity contribution >= 4 is 0 Å². The van der Waals surface area contributed by atoms with Gasteiger partial charge in [-0.3, -0.25) is 0 Å². The third-order valence-electron chi connectivity index (χ3n) is 4.69. The minimum absolute atomic E-state index is 0.405. The SMILES string of the molecule is COC1(C(N)c2ccc(C(F)(F)F)cc2)CCC(C)CC1. The Morgan fingerprint density at radius 2 is 1.71 bits per heavy atom. The van der Waals surface area contributed by atoms with Crippen LogP contribution in [0.5, 0.6) is 0 Å². The summed E-state index contributed by atoms with van der Waals surface area (Å²) >= 11 is 0. The summed E-state index contributed by atoms with van der Waals surface area (Å²) in [5.41, 5.74) is 5.89. The second-order valence-corrected chi connectivity index (χ2v) is 6.05. The maximum atomic E-state index is 12.6. The predicted molar refractivity (Wildman–Crippen MR) is 75.7 cm³/mol. The van der Waals surface area contributed by atoms with Crippen molar-refractivity contribution in [2.75, 3.05) is 7.11 Å². The normalized spacial score (nSPS) is 28.4. The van der Waals surface area contributed by atoms with Crippen LogP contribution in [0.2, 0.25) is 0 Å². The number of hydrogen-bond donors (Lipinski definition) is 1. The second kappa shape index (κ2) is 5.97. The molecule has 118 valence electrons. The molecule has 0 heterocycles. The van der Waals surface area contributed by atoms with Gasteiger partial charge in [0.05, 0.1) is 17.2 Å². The van der Waals surface area contributed by atoms with Crippen molar-refractivity contribution in [3.63, 3.8) is 0 Å². The maximum Gasteiger partial charge on any atom is 0.416 e. The van der Waals surface area contributed by atoms with Gasteiger partial charge in [0.2, 0.25) is 0 Å². The fourth-order valence-electron chi connectivity index (χ4n) is 3.08. The Balaban J connectivity index is 2.20. The summed E-state index contributed by atoms with van der Waals surface area (Å²) in [5.74, 6) is 0.646. The van der Waals surface area contributed by atoms with Crippen LogP contribution in [0.25, 0.3) is 0 Å². The summed E-state index contributed by atoms with van der Waals surface area (Å²) in [7, 11) is 1.64. The number of ether oxygens (including phenoxy) is 1. The van der Waals surface area contributed by atoms with E-state index in [0.717, 1.165) is 37.8 Å². The van der Waals surface area contributed by atoms with Gasteiger partial charge in [0.1, 0.15) is 0 Å². The number of halogens is 3. The largest absolute Gasteiger partial charge is 0.416 e. The lowest BCUT2D eigenvalue weighted by Crippen LogP contribution is -2.45. The summed E-state index contributed by atoms with van der Waals surface area (Å²) in [6.07, 6.45) is -0.577. The Hall–Kier alpha value is -1.07. The van der Waals surface area contributed by atoms with Gasteiger partial charge in [-0.15, -0.1) is 0 Å². The molecule has 1 aromatic rings. The van der Waals surface area contributed by atoms with Crippen LogP contribution >= 0.6 is 0 Å². The molecule has 1 saturated carbocycles. The van der Waals surface area contributed by atoms with E-state index in [-0.39, 0.29) is 0 Å². The standard InChI is InChI=1S/C16H22F3NO/c1-11-7-9-15(21-2,10-8-11)14(20)12-3-5-13(6-4-12)16(17,18)19/h3-6,11,14H,7-10,20H2,1-2H3. The third kappa shape index (κ3) is 3.40. The molecular weight excluding hydrogens is 279 g/mol. The Kier molecular flexibility index (Phi) is 4.63. The van der Waals surface area contributed by atoms with E-state index in [1.165, 1.54) is 12.1 Å². The van der Waals surface area contributed by atoms with Crippen LogP contribution in [0.1, 0.15) is 49.8 Å². The van der Waals surface area contributed by atoms with E-state index in [0.29, 0.717) is 11.5 Å². The van der Waals surface area contributed by atoms with Gasteiger partial charge in [-0.05, 0) is 49.3 Å². The molecule has 0 spiro atoms. The van der Waals surface area contributed by atoms with Gasteiger partial charge in [-0.1, -0.05) is 19.1 Å². The fraction of sp³-hybridized carbons (Fsp3) is 0.625. The first-order valence-corrected chi connectivity index (χ1v) is 7.26. The molecule has 1 aliphatic carbocycles. The highest BCUT2D eigenvalue weighted by Gasteiger charge is 2.40. The van der Waals surface area contributed by atoms with E-state index in [4.69, 9.17) is 10.5 Å². The number of benzene rings is 1. The molecule has 1 aliphatic rings. The molecule has 0 saturated heterocycles. The van der Waals surface area contributed by atoms with Gasteiger partial charge >= 0.3 is 6.18 Å². The highest BCUT2D eigenvalue weighted by atomic mass is 19.4. The van der Waals surface area contributed by atoms with Crippen molar-refractivity contribution in [1.82, 2.24) is 0 Å². The molecular formula is C16H22F3NO. The number of methoxy groups -OCH3 is 1. The molecule has 0 aromatic heterocycles. The Morgan fingerprint density at radius 1 is 1.19 bits per heavy atom. The first-order valence-electron chi connectivity index (χ1n) is 7.26. The lowest BCUT2D eigenvalue weighted by molar-refractivity contribution is -0.137. The minimum Gasteiger partial charge on any atom is -0.376 e. The molecule has 1 aromatic carbocycles. The topological polar surface area (TPSA) is 35.2 Å². The minimum atomic E-state index is -4.32. The van der Waals surface area contributed by atoms with Crippen molar-refractivity contribution in [3.05, 3.63) is 35.4 Å². The smallest absolute Gasteiger partial charge is 0.376 e. The van der Waals surface area contributed by atoms with Crippen molar-refractivity contribution < 1.29 is 17.9 Å². The van der Waals surface area contributed by atoms with Crippen molar-refractivity contribution in [3.8, 4) is 0 Å². The maximum absolute atomic E-state index is 12.6. The van der Waals surface area contributed by atoms with Crippen LogP contribution in [0.4, 0.5) is 13.2 Å². The Morgan fingerprint density at radius 3 is 2.14 bits per heavy atom. The van der Waals surface area contributed by atoms with E-state index in [2.05, 4.69) is 6.92 Å². The Bertz CT molecular complexity index is 461. The molecule has 1 fully saturated rings. The molecule has 0 aliphatic heterocycles. The van der Waals surface area contributed by atoms with Gasteiger partial charge in [0.25, 0.3) is 0 Å². The summed E-state index contributed by atoms with van der Waals surface area (Å²) in [6, 6.07) is 4.70. The van der Waals surface area contributed by atoms with Crippen LogP contribution in [-0.4, -0.2) is 12.7 Å². The van der Waals surface area contributed by atoms with Crippen molar-refractivity contribution in [2.24, 2.45) is 11.7 Å². The lowest BCUT2D eigenvalue weighted by atomic mass is 9.73. The van der Waals surface area contributed by atoms with Crippen molar-refractivity contribution in [2.45, 2.75) is 50.4 Å². The average Bonchev–Trinajstić information content (AvgIpc) is 2.47. The van der Waals surface area contributed by atoms with Gasteiger partial charge in [-0.25, -0.2) is 0 Å². The van der Waals surface area contributed by atoms with E-state index >= 15 is 0 Å². The summed E-state index contributed by atoms with van der Waals surface area (Å²) in [5, 5.41) is 0. The summed E-state index contributed by atoms with van der Waals surface area (Å²) < 4.78 is 43.5. The molecule has 1 atom stereocenters. The molecule has 1 unspecified atom stereocenters. The number of rotatable bonds is 3. The number of alkyl halides is 3. The monoisotopic (exact) mass is 301 g/mol.